The van der Waals surface area contributed by atoms with Gasteiger partial charge in [0, 0.05) is 43.0 Å². The molecular formula is C25H31N3O7. The highest BCUT2D eigenvalue weighted by Crippen LogP contribution is 2.33. The van der Waals surface area contributed by atoms with Crippen LogP contribution in [0, 0.1) is 13.8 Å². The highest BCUT2D eigenvalue weighted by Gasteiger charge is 2.27. The number of ether oxygens (including phenoxy) is 4. The first-order valence-corrected chi connectivity index (χ1v) is 11.8. The van der Waals surface area contributed by atoms with Crippen LogP contribution in [0.1, 0.15) is 49.4 Å². The monoisotopic (exact) mass is 485 g/mol. The van der Waals surface area contributed by atoms with Gasteiger partial charge in [-0.3, -0.25) is 14.5 Å². The van der Waals surface area contributed by atoms with Crippen LogP contribution in [0.5, 0.6) is 11.5 Å². The number of ketones is 1. The normalized spacial score (nSPS) is 15.2. The Labute approximate surface area is 204 Å². The lowest BCUT2D eigenvalue weighted by Gasteiger charge is -2.30. The lowest BCUT2D eigenvalue weighted by molar-refractivity contribution is 0.0323. The first-order valence-electron chi connectivity index (χ1n) is 11.8. The summed E-state index contributed by atoms with van der Waals surface area (Å²) in [6.07, 6.45) is 0. The zero-order valence-electron chi connectivity index (χ0n) is 20.3. The summed E-state index contributed by atoms with van der Waals surface area (Å²) in [6, 6.07) is 5.01. The molecule has 0 spiro atoms. The van der Waals surface area contributed by atoms with E-state index in [4.69, 9.17) is 18.9 Å². The number of amides is 1. The standard InChI is InChI=1S/C25H31N3O7/c1-4-33-25(31)23-16(2)22(17(3)26-23)19(29)14-28(8-7-27-9-11-32-12-10-27)24(30)18-5-6-20-21(13-18)35-15-34-20/h5-6,13,26H,4,7-12,14-15H2,1-3H3. The molecular weight excluding hydrogens is 454 g/mol. The van der Waals surface area contributed by atoms with Gasteiger partial charge in [0.1, 0.15) is 5.69 Å². The fourth-order valence-electron chi connectivity index (χ4n) is 4.38. The molecule has 10 nitrogen and oxygen atoms in total. The lowest BCUT2D eigenvalue weighted by Crippen LogP contribution is -2.44. The number of nitrogens with zero attached hydrogens (tertiary/aromatic N) is 2. The SMILES string of the molecule is CCOC(=O)c1[nH]c(C)c(C(=O)CN(CCN2CCOCC2)C(=O)c2ccc3c(c2)OCO3)c1C. The maximum Gasteiger partial charge on any atom is 0.355 e. The molecule has 3 heterocycles. The molecule has 0 bridgehead atoms. The number of carbonyl (C=O) groups is 3. The molecule has 35 heavy (non-hydrogen) atoms. The third-order valence-corrected chi connectivity index (χ3v) is 6.23. The molecule has 1 aromatic carbocycles. The van der Waals surface area contributed by atoms with Gasteiger partial charge >= 0.3 is 5.97 Å². The van der Waals surface area contributed by atoms with E-state index in [0.29, 0.717) is 60.2 Å². The van der Waals surface area contributed by atoms with Crippen LogP contribution in [0.15, 0.2) is 18.2 Å². The highest BCUT2D eigenvalue weighted by atomic mass is 16.7. The Morgan fingerprint density at radius 2 is 1.86 bits per heavy atom. The summed E-state index contributed by atoms with van der Waals surface area (Å²) in [5, 5.41) is 0. The van der Waals surface area contributed by atoms with Crippen molar-refractivity contribution in [1.29, 1.82) is 0 Å². The molecule has 2 aliphatic rings. The van der Waals surface area contributed by atoms with Crippen LogP contribution in [0.25, 0.3) is 0 Å². The summed E-state index contributed by atoms with van der Waals surface area (Å²) in [5.74, 6) is 0.0614. The summed E-state index contributed by atoms with van der Waals surface area (Å²) in [5.41, 5.74) is 2.17. The molecule has 188 valence electrons. The van der Waals surface area contributed by atoms with Crippen LogP contribution < -0.4 is 9.47 Å². The van der Waals surface area contributed by atoms with Crippen molar-refractivity contribution < 1.29 is 33.3 Å². The van der Waals surface area contributed by atoms with Gasteiger partial charge in [-0.25, -0.2) is 4.79 Å². The quantitative estimate of drug-likeness (QED) is 0.425. The van der Waals surface area contributed by atoms with Crippen molar-refractivity contribution in [3.05, 3.63) is 46.3 Å². The zero-order chi connectivity index (χ0) is 24.9. The molecule has 0 unspecified atom stereocenters. The number of hydrogen-bond donors (Lipinski definition) is 1. The molecule has 1 N–H and O–H groups in total. The van der Waals surface area contributed by atoms with E-state index in [1.165, 1.54) is 0 Å². The first kappa shape index (κ1) is 24.7. The van der Waals surface area contributed by atoms with Crippen LogP contribution in [0.4, 0.5) is 0 Å². The van der Waals surface area contributed by atoms with Crippen molar-refractivity contribution in [2.45, 2.75) is 20.8 Å². The van der Waals surface area contributed by atoms with Crippen LogP contribution in [0.2, 0.25) is 0 Å². The summed E-state index contributed by atoms with van der Waals surface area (Å²) in [6.45, 7) is 9.22. The number of morpholine rings is 1. The van der Waals surface area contributed by atoms with E-state index in [-0.39, 0.29) is 37.3 Å². The predicted octanol–water partition coefficient (Wildman–Crippen LogP) is 2.19. The van der Waals surface area contributed by atoms with Crippen molar-refractivity contribution in [1.82, 2.24) is 14.8 Å². The summed E-state index contributed by atoms with van der Waals surface area (Å²) in [7, 11) is 0. The van der Waals surface area contributed by atoms with Crippen molar-refractivity contribution in [3.63, 3.8) is 0 Å². The number of nitrogens with one attached hydrogen (secondary N) is 1. The van der Waals surface area contributed by atoms with E-state index in [0.717, 1.165) is 13.1 Å². The first-order chi connectivity index (χ1) is 16.9. The average Bonchev–Trinajstić information content (AvgIpc) is 3.45. The second-order valence-electron chi connectivity index (χ2n) is 8.52. The Morgan fingerprint density at radius 3 is 2.60 bits per heavy atom. The second kappa shape index (κ2) is 10.9. The Bertz CT molecular complexity index is 1100. The second-order valence-corrected chi connectivity index (χ2v) is 8.52. The van der Waals surface area contributed by atoms with E-state index in [9.17, 15) is 14.4 Å². The van der Waals surface area contributed by atoms with Crippen molar-refractivity contribution in [2.75, 3.05) is 59.3 Å². The molecule has 1 saturated heterocycles. The van der Waals surface area contributed by atoms with Gasteiger partial charge in [-0.1, -0.05) is 0 Å². The van der Waals surface area contributed by atoms with Gasteiger partial charge in [-0.2, -0.15) is 0 Å². The van der Waals surface area contributed by atoms with Gasteiger partial charge in [-0.05, 0) is 44.5 Å². The molecule has 1 fully saturated rings. The third kappa shape index (κ3) is 5.49. The minimum atomic E-state index is -0.507. The van der Waals surface area contributed by atoms with E-state index >= 15 is 0 Å². The number of hydrogen-bond acceptors (Lipinski definition) is 8. The topological polar surface area (TPSA) is 110 Å². The molecule has 2 aromatic rings. The summed E-state index contributed by atoms with van der Waals surface area (Å²) in [4.78, 5) is 45.9. The van der Waals surface area contributed by atoms with Gasteiger partial charge in [0.15, 0.2) is 17.3 Å². The van der Waals surface area contributed by atoms with Crippen LogP contribution in [-0.4, -0.2) is 91.8 Å². The molecule has 0 aliphatic carbocycles. The van der Waals surface area contributed by atoms with Gasteiger partial charge in [0.2, 0.25) is 6.79 Å². The van der Waals surface area contributed by atoms with E-state index in [2.05, 4.69) is 9.88 Å². The number of H-pyrrole nitrogens is 1. The largest absolute Gasteiger partial charge is 0.461 e. The number of fused-ring (bicyclic) bond motifs is 1. The number of carbonyl (C=O) groups excluding carboxylic acids is 3. The van der Waals surface area contributed by atoms with Crippen molar-refractivity contribution >= 4 is 17.7 Å². The number of rotatable bonds is 9. The van der Waals surface area contributed by atoms with Crippen LogP contribution in [-0.2, 0) is 9.47 Å². The van der Waals surface area contributed by atoms with Crippen molar-refractivity contribution in [3.8, 4) is 11.5 Å². The fourth-order valence-corrected chi connectivity index (χ4v) is 4.38. The van der Waals surface area contributed by atoms with Crippen LogP contribution in [0.3, 0.4) is 0 Å². The summed E-state index contributed by atoms with van der Waals surface area (Å²) >= 11 is 0. The number of benzene rings is 1. The minimum absolute atomic E-state index is 0.112. The molecule has 0 atom stereocenters. The minimum Gasteiger partial charge on any atom is -0.461 e. The Balaban J connectivity index is 1.55. The number of aromatic nitrogens is 1. The molecule has 4 rings (SSSR count). The van der Waals surface area contributed by atoms with Gasteiger partial charge < -0.3 is 28.8 Å². The number of esters is 1. The smallest absolute Gasteiger partial charge is 0.355 e. The number of Topliss-reactive ketones (excluding diaryl/α,β-unsaturated/α-hetero) is 1. The molecule has 2 aliphatic heterocycles. The average molecular weight is 486 g/mol. The molecule has 0 saturated carbocycles. The van der Waals surface area contributed by atoms with Crippen molar-refractivity contribution in [2.24, 2.45) is 0 Å². The van der Waals surface area contributed by atoms with Crippen LogP contribution >= 0.6 is 0 Å². The Kier molecular flexibility index (Phi) is 7.72. The Morgan fingerprint density at radius 1 is 1.11 bits per heavy atom. The number of aryl methyl sites for hydroxylation is 1. The molecule has 0 radical (unpaired) electrons. The fraction of sp³-hybridized carbons (Fsp3) is 0.480. The maximum atomic E-state index is 13.5. The van der Waals surface area contributed by atoms with E-state index in [1.54, 1.807) is 43.9 Å². The van der Waals surface area contributed by atoms with E-state index in [1.807, 2.05) is 0 Å². The zero-order valence-corrected chi connectivity index (χ0v) is 20.3. The summed E-state index contributed by atoms with van der Waals surface area (Å²) < 4.78 is 21.3. The predicted molar refractivity (Wildman–Crippen MR) is 126 cm³/mol. The molecule has 1 amide bonds. The van der Waals surface area contributed by atoms with Gasteiger partial charge in [-0.15, -0.1) is 0 Å². The van der Waals surface area contributed by atoms with Gasteiger partial charge in [0.25, 0.3) is 5.91 Å². The van der Waals surface area contributed by atoms with Gasteiger partial charge in [0.05, 0.1) is 26.4 Å². The third-order valence-electron chi connectivity index (χ3n) is 6.23. The highest BCUT2D eigenvalue weighted by molar-refractivity contribution is 6.06. The maximum absolute atomic E-state index is 13.5. The molecule has 10 heteroatoms. The van der Waals surface area contributed by atoms with E-state index < -0.39 is 5.97 Å². The lowest BCUT2D eigenvalue weighted by atomic mass is 10.0. The number of aromatic amines is 1. The Hall–Kier alpha value is -3.37. The molecule has 1 aromatic heterocycles.